The van der Waals surface area contributed by atoms with E-state index in [2.05, 4.69) is 27.6 Å². The highest BCUT2D eigenvalue weighted by molar-refractivity contribution is 7.90. The molecule has 0 amide bonds. The van der Waals surface area contributed by atoms with Crippen LogP contribution in [0.2, 0.25) is 0 Å². The van der Waals surface area contributed by atoms with Crippen LogP contribution < -0.4 is 9.81 Å². The molecule has 10 heteroatoms. The van der Waals surface area contributed by atoms with Gasteiger partial charge in [-0.15, -0.1) is 15.7 Å². The summed E-state index contributed by atoms with van der Waals surface area (Å²) < 4.78 is 34.7. The molecule has 1 aliphatic carbocycles. The third-order valence-electron chi connectivity index (χ3n) is 8.46. The molecule has 3 unspecified atom stereocenters. The smallest absolute Gasteiger partial charge is 0.285 e. The lowest BCUT2D eigenvalue weighted by Gasteiger charge is -2.30. The summed E-state index contributed by atoms with van der Waals surface area (Å²) in [4.78, 5) is 0.569. The van der Waals surface area contributed by atoms with Crippen LogP contribution in [-0.4, -0.2) is 28.5 Å². The van der Waals surface area contributed by atoms with E-state index in [1.54, 1.807) is 12.1 Å². The zero-order chi connectivity index (χ0) is 29.6. The van der Waals surface area contributed by atoms with Crippen LogP contribution in [0.15, 0.2) is 117 Å². The average Bonchev–Trinajstić information content (AvgIpc) is 3.76. The van der Waals surface area contributed by atoms with Crippen molar-refractivity contribution in [1.29, 1.82) is 0 Å². The summed E-state index contributed by atoms with van der Waals surface area (Å²) in [7, 11) is -2.08. The van der Waals surface area contributed by atoms with Gasteiger partial charge in [0.05, 0.1) is 34.2 Å². The molecule has 1 saturated carbocycles. The first kappa shape index (κ1) is 27.5. The van der Waals surface area contributed by atoms with Crippen molar-refractivity contribution >= 4 is 32.8 Å². The van der Waals surface area contributed by atoms with Crippen molar-refractivity contribution in [3.8, 4) is 16.9 Å². The number of hydrogen-bond donors (Lipinski definition) is 0. The summed E-state index contributed by atoms with van der Waals surface area (Å²) in [5.41, 5.74) is 6.08. The molecule has 0 radical (unpaired) electrons. The summed E-state index contributed by atoms with van der Waals surface area (Å²) in [6.45, 7) is 2.25. The van der Waals surface area contributed by atoms with Gasteiger partial charge in [-0.2, -0.15) is 18.6 Å². The van der Waals surface area contributed by atoms with Gasteiger partial charge in [-0.25, -0.2) is 4.68 Å². The fourth-order valence-electron chi connectivity index (χ4n) is 6.21. The average molecular weight is 609 g/mol. The van der Waals surface area contributed by atoms with Crippen LogP contribution >= 0.6 is 11.3 Å². The molecule has 3 atom stereocenters. The summed E-state index contributed by atoms with van der Waals surface area (Å²) in [6.07, 6.45) is 7.38. The van der Waals surface area contributed by atoms with Crippen LogP contribution in [0, 0.1) is 11.8 Å². The number of thiazole rings is 1. The number of para-hydroxylation sites is 1. The van der Waals surface area contributed by atoms with E-state index in [9.17, 15) is 8.42 Å². The van der Waals surface area contributed by atoms with Crippen molar-refractivity contribution in [2.45, 2.75) is 37.1 Å². The third kappa shape index (κ3) is 5.14. The molecular formula is C33H32N6O2S2. The first-order valence-corrected chi connectivity index (χ1v) is 16.8. The molecule has 7 rings (SSSR count). The molecule has 2 aliphatic rings. The molecule has 43 heavy (non-hydrogen) atoms. The predicted octanol–water partition coefficient (Wildman–Crippen LogP) is 6.58. The van der Waals surface area contributed by atoms with E-state index >= 15 is 0 Å². The van der Waals surface area contributed by atoms with Crippen LogP contribution in [0.25, 0.3) is 16.9 Å². The van der Waals surface area contributed by atoms with Gasteiger partial charge in [0.2, 0.25) is 4.80 Å². The maximum absolute atomic E-state index is 13.4. The maximum Gasteiger partial charge on any atom is 0.285 e. The summed E-state index contributed by atoms with van der Waals surface area (Å²) in [5, 5.41) is 13.8. The van der Waals surface area contributed by atoms with E-state index < -0.39 is 10.0 Å². The van der Waals surface area contributed by atoms with Gasteiger partial charge in [0, 0.05) is 35.8 Å². The van der Waals surface area contributed by atoms with Gasteiger partial charge in [0.1, 0.15) is 0 Å². The zero-order valence-corrected chi connectivity index (χ0v) is 25.6. The lowest BCUT2D eigenvalue weighted by molar-refractivity contribution is 0.431. The van der Waals surface area contributed by atoms with Crippen LogP contribution in [0.5, 0.6) is 0 Å². The summed E-state index contributed by atoms with van der Waals surface area (Å²) in [6, 6.07) is 26.9. The number of sulfonamides is 1. The van der Waals surface area contributed by atoms with E-state index in [-0.39, 0.29) is 16.9 Å². The highest BCUT2D eigenvalue weighted by Gasteiger charge is 2.43. The fourth-order valence-corrected chi connectivity index (χ4v) is 8.35. The molecule has 3 heterocycles. The molecule has 2 aromatic heterocycles. The summed E-state index contributed by atoms with van der Waals surface area (Å²) >= 11 is 1.31. The molecule has 3 aromatic carbocycles. The standard InChI is InChI=1S/C33H32N6O2S2/c1-23-10-9-15-29-31(23)35-39(32(29)25-20-34-38(21-25)26-13-7-4-8-14-26)27-16-18-28(19-17-27)43(40,41)36-33-37(2)30(22-42-33)24-11-5-3-6-12-24/h3-8,11-14,16-23,29,32H,9-10,15H2,1-2H3/b36-33+. The Hall–Kier alpha value is -4.28. The number of hydrazone groups is 1. The molecular weight excluding hydrogens is 577 g/mol. The van der Waals surface area contributed by atoms with Gasteiger partial charge >= 0.3 is 0 Å². The molecule has 1 aliphatic heterocycles. The third-order valence-corrected chi connectivity index (χ3v) is 10.8. The Labute approximate surface area is 255 Å². The van der Waals surface area contributed by atoms with E-state index in [1.165, 1.54) is 17.0 Å². The van der Waals surface area contributed by atoms with E-state index in [1.807, 2.05) is 101 Å². The maximum atomic E-state index is 13.4. The van der Waals surface area contributed by atoms with Crippen molar-refractivity contribution in [2.24, 2.45) is 28.4 Å². The number of benzene rings is 3. The number of aromatic nitrogens is 3. The van der Waals surface area contributed by atoms with Crippen LogP contribution in [0.1, 0.15) is 37.8 Å². The second-order valence-electron chi connectivity index (χ2n) is 11.2. The Bertz CT molecular complexity index is 1960. The van der Waals surface area contributed by atoms with Crippen LogP contribution in [-0.2, 0) is 17.1 Å². The minimum Gasteiger partial charge on any atom is -0.319 e. The van der Waals surface area contributed by atoms with Gasteiger partial charge in [-0.1, -0.05) is 61.9 Å². The Morgan fingerprint density at radius 3 is 2.37 bits per heavy atom. The number of hydrogen-bond acceptors (Lipinski definition) is 6. The Kier molecular flexibility index (Phi) is 7.10. The number of rotatable bonds is 6. The van der Waals surface area contributed by atoms with Crippen molar-refractivity contribution < 1.29 is 8.42 Å². The Morgan fingerprint density at radius 1 is 0.907 bits per heavy atom. The van der Waals surface area contributed by atoms with Crippen molar-refractivity contribution in [3.05, 3.63) is 113 Å². The number of fused-ring (bicyclic) bond motifs is 1. The Balaban J connectivity index is 1.21. The monoisotopic (exact) mass is 608 g/mol. The molecule has 0 spiro atoms. The molecule has 0 N–H and O–H groups in total. The lowest BCUT2D eigenvalue weighted by atomic mass is 9.76. The molecule has 8 nitrogen and oxygen atoms in total. The van der Waals surface area contributed by atoms with Gasteiger partial charge in [-0.05, 0) is 60.7 Å². The SMILES string of the molecule is CC1CCCC2C1=NN(c1ccc(S(=O)(=O)/N=c3/scc(-c4ccccc4)n3C)cc1)C2c1cnn(-c2ccccc2)c1. The van der Waals surface area contributed by atoms with E-state index in [0.29, 0.717) is 10.7 Å². The fraction of sp³-hybridized carbons (Fsp3) is 0.242. The minimum absolute atomic E-state index is 0.0102. The minimum atomic E-state index is -3.92. The molecule has 0 bridgehead atoms. The molecule has 0 saturated heterocycles. The number of nitrogens with zero attached hydrogens (tertiary/aromatic N) is 6. The highest BCUT2D eigenvalue weighted by atomic mass is 32.2. The van der Waals surface area contributed by atoms with E-state index in [4.69, 9.17) is 5.10 Å². The van der Waals surface area contributed by atoms with Gasteiger partial charge in [-0.3, -0.25) is 5.01 Å². The molecule has 1 fully saturated rings. The number of anilines is 1. The second kappa shape index (κ2) is 11.1. The molecule has 218 valence electrons. The van der Waals surface area contributed by atoms with Crippen molar-refractivity contribution in [1.82, 2.24) is 14.3 Å². The van der Waals surface area contributed by atoms with Gasteiger partial charge < -0.3 is 4.57 Å². The van der Waals surface area contributed by atoms with Crippen LogP contribution in [0.3, 0.4) is 0 Å². The zero-order valence-electron chi connectivity index (χ0n) is 24.0. The second-order valence-corrected chi connectivity index (χ2v) is 13.6. The first-order chi connectivity index (χ1) is 20.9. The molecule has 5 aromatic rings. The normalized spacial score (nSPS) is 20.7. The first-order valence-electron chi connectivity index (χ1n) is 14.5. The Morgan fingerprint density at radius 2 is 1.63 bits per heavy atom. The van der Waals surface area contributed by atoms with Crippen molar-refractivity contribution in [2.75, 3.05) is 5.01 Å². The summed E-state index contributed by atoms with van der Waals surface area (Å²) in [5.74, 6) is 0.689. The topological polar surface area (TPSA) is 84.8 Å². The van der Waals surface area contributed by atoms with Gasteiger partial charge in [0.15, 0.2) is 0 Å². The predicted molar refractivity (Wildman–Crippen MR) is 171 cm³/mol. The highest BCUT2D eigenvalue weighted by Crippen LogP contribution is 2.46. The van der Waals surface area contributed by atoms with Crippen molar-refractivity contribution in [3.63, 3.8) is 0 Å². The largest absolute Gasteiger partial charge is 0.319 e. The van der Waals surface area contributed by atoms with E-state index in [0.717, 1.165) is 47.5 Å². The van der Waals surface area contributed by atoms with Crippen LogP contribution in [0.4, 0.5) is 5.69 Å². The lowest BCUT2D eigenvalue weighted by Crippen LogP contribution is -2.30. The quantitative estimate of drug-likeness (QED) is 0.218. The van der Waals surface area contributed by atoms with Gasteiger partial charge in [0.25, 0.3) is 10.0 Å².